The predicted octanol–water partition coefficient (Wildman–Crippen LogP) is 5.30. The lowest BCUT2D eigenvalue weighted by molar-refractivity contribution is 0.102. The SMILES string of the molecule is COc1ccc(-c2cccc(F)c2C(=O)Nc2cccc3cccnc23)cc1. The third kappa shape index (κ3) is 3.30. The van der Waals surface area contributed by atoms with E-state index < -0.39 is 11.7 Å². The van der Waals surface area contributed by atoms with E-state index in [9.17, 15) is 9.18 Å². The fourth-order valence-corrected chi connectivity index (χ4v) is 3.16. The van der Waals surface area contributed by atoms with Gasteiger partial charge in [0.25, 0.3) is 5.91 Å². The van der Waals surface area contributed by atoms with E-state index in [1.807, 2.05) is 24.3 Å². The van der Waals surface area contributed by atoms with E-state index in [4.69, 9.17) is 4.74 Å². The molecular formula is C23H17FN2O2. The van der Waals surface area contributed by atoms with Crippen LogP contribution in [0.2, 0.25) is 0 Å². The lowest BCUT2D eigenvalue weighted by Gasteiger charge is -2.13. The molecule has 4 rings (SSSR count). The fourth-order valence-electron chi connectivity index (χ4n) is 3.16. The number of aromatic nitrogens is 1. The second-order valence-corrected chi connectivity index (χ2v) is 6.23. The van der Waals surface area contributed by atoms with Crippen LogP contribution < -0.4 is 10.1 Å². The number of halogens is 1. The molecular weight excluding hydrogens is 355 g/mol. The van der Waals surface area contributed by atoms with Gasteiger partial charge in [-0.25, -0.2) is 4.39 Å². The first-order chi connectivity index (χ1) is 13.7. The van der Waals surface area contributed by atoms with Gasteiger partial charge in [0.2, 0.25) is 0 Å². The molecule has 5 heteroatoms. The Bertz CT molecular complexity index is 1150. The standard InChI is InChI=1S/C23H17FN2O2/c1-28-17-12-10-15(11-13-17)18-7-3-8-19(24)21(18)23(27)26-20-9-2-5-16-6-4-14-25-22(16)20/h2-14H,1H3,(H,26,27). The van der Waals surface area contributed by atoms with Crippen molar-refractivity contribution in [1.82, 2.24) is 4.98 Å². The molecule has 4 nitrogen and oxygen atoms in total. The van der Waals surface area contributed by atoms with Crippen molar-refractivity contribution in [3.63, 3.8) is 0 Å². The normalized spacial score (nSPS) is 10.6. The maximum Gasteiger partial charge on any atom is 0.259 e. The van der Waals surface area contributed by atoms with Crippen LogP contribution in [0.4, 0.5) is 10.1 Å². The van der Waals surface area contributed by atoms with Crippen LogP contribution in [0.25, 0.3) is 22.0 Å². The van der Waals surface area contributed by atoms with E-state index in [-0.39, 0.29) is 5.56 Å². The topological polar surface area (TPSA) is 51.2 Å². The average Bonchev–Trinajstić information content (AvgIpc) is 2.74. The van der Waals surface area contributed by atoms with Crippen LogP contribution in [-0.2, 0) is 0 Å². The monoisotopic (exact) mass is 372 g/mol. The zero-order valence-electron chi connectivity index (χ0n) is 15.1. The van der Waals surface area contributed by atoms with Crippen LogP contribution >= 0.6 is 0 Å². The summed E-state index contributed by atoms with van der Waals surface area (Å²) < 4.78 is 19.8. The lowest BCUT2D eigenvalue weighted by atomic mass is 9.98. The average molecular weight is 372 g/mol. The van der Waals surface area contributed by atoms with Gasteiger partial charge in [-0.3, -0.25) is 9.78 Å². The van der Waals surface area contributed by atoms with Gasteiger partial charge in [-0.05, 0) is 41.5 Å². The van der Waals surface area contributed by atoms with Gasteiger partial charge >= 0.3 is 0 Å². The summed E-state index contributed by atoms with van der Waals surface area (Å²) in [4.78, 5) is 17.3. The van der Waals surface area contributed by atoms with Gasteiger partial charge in [0, 0.05) is 11.6 Å². The number of nitrogens with zero attached hydrogens (tertiary/aromatic N) is 1. The number of methoxy groups -OCH3 is 1. The van der Waals surface area contributed by atoms with Crippen molar-refractivity contribution < 1.29 is 13.9 Å². The van der Waals surface area contributed by atoms with Crippen molar-refractivity contribution in [3.05, 3.63) is 90.4 Å². The minimum absolute atomic E-state index is 0.0133. The van der Waals surface area contributed by atoms with Crippen LogP contribution in [0.5, 0.6) is 5.75 Å². The fraction of sp³-hybridized carbons (Fsp3) is 0.0435. The molecule has 138 valence electrons. The molecule has 1 amide bonds. The van der Waals surface area contributed by atoms with Crippen LogP contribution in [0.1, 0.15) is 10.4 Å². The number of carbonyl (C=O) groups is 1. The number of hydrogen-bond donors (Lipinski definition) is 1. The molecule has 0 radical (unpaired) electrons. The smallest absolute Gasteiger partial charge is 0.259 e. The Morgan fingerprint density at radius 1 is 0.964 bits per heavy atom. The van der Waals surface area contributed by atoms with Crippen molar-refractivity contribution in [2.45, 2.75) is 0 Å². The van der Waals surface area contributed by atoms with E-state index in [1.165, 1.54) is 6.07 Å². The number of fused-ring (bicyclic) bond motifs is 1. The van der Waals surface area contributed by atoms with E-state index in [2.05, 4.69) is 10.3 Å². The molecule has 0 spiro atoms. The van der Waals surface area contributed by atoms with Crippen LogP contribution in [-0.4, -0.2) is 18.0 Å². The number of para-hydroxylation sites is 1. The van der Waals surface area contributed by atoms with E-state index in [0.29, 0.717) is 22.5 Å². The Hall–Kier alpha value is -3.73. The molecule has 0 bridgehead atoms. The van der Waals surface area contributed by atoms with Gasteiger partial charge in [-0.15, -0.1) is 0 Å². The highest BCUT2D eigenvalue weighted by molar-refractivity contribution is 6.11. The Labute approximate surface area is 161 Å². The molecule has 1 N–H and O–H groups in total. The van der Waals surface area contributed by atoms with E-state index >= 15 is 0 Å². The number of benzene rings is 3. The lowest BCUT2D eigenvalue weighted by Crippen LogP contribution is -2.15. The zero-order valence-corrected chi connectivity index (χ0v) is 15.1. The highest BCUT2D eigenvalue weighted by atomic mass is 19.1. The molecule has 0 unspecified atom stereocenters. The van der Waals surface area contributed by atoms with E-state index in [1.54, 1.807) is 55.8 Å². The third-order valence-corrected chi connectivity index (χ3v) is 4.52. The molecule has 0 aliphatic heterocycles. The Morgan fingerprint density at radius 2 is 1.71 bits per heavy atom. The molecule has 0 fully saturated rings. The molecule has 1 heterocycles. The number of hydrogen-bond acceptors (Lipinski definition) is 3. The van der Waals surface area contributed by atoms with Crippen molar-refractivity contribution in [2.24, 2.45) is 0 Å². The van der Waals surface area contributed by atoms with Crippen LogP contribution in [0.15, 0.2) is 79.0 Å². The van der Waals surface area contributed by atoms with Gasteiger partial charge in [0.15, 0.2) is 0 Å². The number of anilines is 1. The third-order valence-electron chi connectivity index (χ3n) is 4.52. The summed E-state index contributed by atoms with van der Waals surface area (Å²) in [6, 6.07) is 20.9. The second-order valence-electron chi connectivity index (χ2n) is 6.23. The first-order valence-corrected chi connectivity index (χ1v) is 8.75. The quantitative estimate of drug-likeness (QED) is 0.529. The summed E-state index contributed by atoms with van der Waals surface area (Å²) in [5.41, 5.74) is 2.41. The second kappa shape index (κ2) is 7.48. The molecule has 0 aliphatic carbocycles. The number of pyridine rings is 1. The molecule has 0 saturated heterocycles. The van der Waals surface area contributed by atoms with Gasteiger partial charge in [-0.2, -0.15) is 0 Å². The van der Waals surface area contributed by atoms with E-state index in [0.717, 1.165) is 10.9 Å². The molecule has 0 aliphatic rings. The molecule has 0 saturated carbocycles. The predicted molar refractivity (Wildman–Crippen MR) is 108 cm³/mol. The first-order valence-electron chi connectivity index (χ1n) is 8.75. The maximum atomic E-state index is 14.6. The molecule has 4 aromatic rings. The summed E-state index contributed by atoms with van der Waals surface area (Å²) in [5, 5.41) is 3.70. The van der Waals surface area contributed by atoms with Crippen molar-refractivity contribution in [3.8, 4) is 16.9 Å². The first kappa shape index (κ1) is 17.7. The highest BCUT2D eigenvalue weighted by Gasteiger charge is 2.19. The van der Waals surface area contributed by atoms with Crippen LogP contribution in [0.3, 0.4) is 0 Å². The Morgan fingerprint density at radius 3 is 2.50 bits per heavy atom. The minimum Gasteiger partial charge on any atom is -0.497 e. The van der Waals surface area contributed by atoms with Crippen molar-refractivity contribution >= 4 is 22.5 Å². The van der Waals surface area contributed by atoms with Crippen LogP contribution in [0, 0.1) is 5.82 Å². The number of nitrogens with one attached hydrogen (secondary N) is 1. The Kier molecular flexibility index (Phi) is 4.72. The molecule has 1 aromatic heterocycles. The summed E-state index contributed by atoms with van der Waals surface area (Å²) in [5.74, 6) is -0.422. The van der Waals surface area contributed by atoms with Gasteiger partial charge in [-0.1, -0.05) is 42.5 Å². The summed E-state index contributed by atoms with van der Waals surface area (Å²) in [6.07, 6.45) is 1.66. The summed E-state index contributed by atoms with van der Waals surface area (Å²) in [6.45, 7) is 0. The van der Waals surface area contributed by atoms with Gasteiger partial charge in [0.1, 0.15) is 11.6 Å². The molecule has 3 aromatic carbocycles. The van der Waals surface area contributed by atoms with Crippen molar-refractivity contribution in [2.75, 3.05) is 12.4 Å². The number of ether oxygens (including phenoxy) is 1. The number of carbonyl (C=O) groups excluding carboxylic acids is 1. The largest absolute Gasteiger partial charge is 0.497 e. The summed E-state index contributed by atoms with van der Waals surface area (Å²) >= 11 is 0. The van der Waals surface area contributed by atoms with Gasteiger partial charge < -0.3 is 10.1 Å². The van der Waals surface area contributed by atoms with Crippen molar-refractivity contribution in [1.29, 1.82) is 0 Å². The minimum atomic E-state index is -0.584. The molecule has 28 heavy (non-hydrogen) atoms. The number of amides is 1. The zero-order chi connectivity index (χ0) is 19.5. The number of rotatable bonds is 4. The summed E-state index contributed by atoms with van der Waals surface area (Å²) in [7, 11) is 1.58. The highest BCUT2D eigenvalue weighted by Crippen LogP contribution is 2.29. The molecule has 0 atom stereocenters. The Balaban J connectivity index is 1.75. The van der Waals surface area contributed by atoms with Gasteiger partial charge in [0.05, 0.1) is 23.9 Å². The maximum absolute atomic E-state index is 14.6.